The molecule has 1 aliphatic heterocycles. The topological polar surface area (TPSA) is 57.6 Å². The highest BCUT2D eigenvalue weighted by atomic mass is 16.3. The summed E-state index contributed by atoms with van der Waals surface area (Å²) in [7, 11) is 0. The Labute approximate surface area is 160 Å². The summed E-state index contributed by atoms with van der Waals surface area (Å²) in [5, 5.41) is 9.97. The molecule has 0 saturated carbocycles. The van der Waals surface area contributed by atoms with Crippen LogP contribution in [-0.4, -0.2) is 40.4 Å². The quantitative estimate of drug-likeness (QED) is 0.817. The largest absolute Gasteiger partial charge is 0.390 e. The van der Waals surface area contributed by atoms with Crippen LogP contribution >= 0.6 is 0 Å². The van der Waals surface area contributed by atoms with Crippen LogP contribution in [0, 0.1) is 5.92 Å². The second-order valence-corrected chi connectivity index (χ2v) is 8.02. The minimum absolute atomic E-state index is 0.00965. The lowest BCUT2D eigenvalue weighted by Gasteiger charge is -2.34. The summed E-state index contributed by atoms with van der Waals surface area (Å²) >= 11 is 0. The van der Waals surface area contributed by atoms with E-state index in [4.69, 9.17) is 0 Å². The fourth-order valence-corrected chi connectivity index (χ4v) is 3.75. The van der Waals surface area contributed by atoms with Crippen molar-refractivity contribution in [1.82, 2.24) is 4.90 Å². The maximum Gasteiger partial charge on any atom is 0.253 e. The number of rotatable bonds is 5. The highest BCUT2D eigenvalue weighted by molar-refractivity contribution is 6.09. The van der Waals surface area contributed by atoms with Crippen molar-refractivity contribution in [3.8, 4) is 0 Å². The zero-order valence-electron chi connectivity index (χ0n) is 16.0. The van der Waals surface area contributed by atoms with Crippen LogP contribution in [0.3, 0.4) is 0 Å². The van der Waals surface area contributed by atoms with E-state index in [0.29, 0.717) is 35.7 Å². The molecule has 2 aromatic carbocycles. The maximum absolute atomic E-state index is 12.7. The third-order valence-electron chi connectivity index (χ3n) is 5.12. The van der Waals surface area contributed by atoms with Crippen molar-refractivity contribution in [2.75, 3.05) is 13.1 Å². The van der Waals surface area contributed by atoms with Gasteiger partial charge in [-0.3, -0.25) is 9.59 Å². The third-order valence-corrected chi connectivity index (χ3v) is 5.12. The number of likely N-dealkylation sites (tertiary alicyclic amines) is 1. The number of piperidine rings is 1. The summed E-state index contributed by atoms with van der Waals surface area (Å²) in [5.74, 6) is 0.428. The molecule has 0 atom stereocenters. The van der Waals surface area contributed by atoms with Crippen molar-refractivity contribution < 1.29 is 14.7 Å². The van der Waals surface area contributed by atoms with Gasteiger partial charge >= 0.3 is 0 Å². The highest BCUT2D eigenvalue weighted by Crippen LogP contribution is 2.27. The van der Waals surface area contributed by atoms with Gasteiger partial charge in [-0.25, -0.2) is 0 Å². The van der Waals surface area contributed by atoms with Crippen LogP contribution in [0.5, 0.6) is 0 Å². The summed E-state index contributed by atoms with van der Waals surface area (Å²) in [6, 6.07) is 16.1. The standard InChI is InChI=1S/C23H27NO3/c1-23(2,27)16-17-12-14-24(15-13-17)22(26)20-10-8-19(9-11-20)21(25)18-6-4-3-5-7-18/h3-11,17,27H,12-16H2,1-2H3. The zero-order chi connectivity index (χ0) is 19.4. The Kier molecular flexibility index (Phi) is 5.76. The number of hydrogen-bond donors (Lipinski definition) is 1. The van der Waals surface area contributed by atoms with Crippen LogP contribution in [0.15, 0.2) is 54.6 Å². The molecule has 0 unspecified atom stereocenters. The first kappa shape index (κ1) is 19.3. The lowest BCUT2D eigenvalue weighted by Crippen LogP contribution is -2.40. The number of amides is 1. The van der Waals surface area contributed by atoms with E-state index in [1.54, 1.807) is 36.4 Å². The average molecular weight is 365 g/mol. The first-order valence-corrected chi connectivity index (χ1v) is 9.55. The van der Waals surface area contributed by atoms with Crippen molar-refractivity contribution in [2.45, 2.75) is 38.7 Å². The SMILES string of the molecule is CC(C)(O)CC1CCN(C(=O)c2ccc(C(=O)c3ccccc3)cc2)CC1. The summed E-state index contributed by atoms with van der Waals surface area (Å²) in [4.78, 5) is 27.1. The predicted molar refractivity (Wildman–Crippen MR) is 106 cm³/mol. The van der Waals surface area contributed by atoms with Crippen LogP contribution in [0.25, 0.3) is 0 Å². The molecule has 27 heavy (non-hydrogen) atoms. The van der Waals surface area contributed by atoms with Gasteiger partial charge in [-0.2, -0.15) is 0 Å². The Morgan fingerprint density at radius 1 is 0.926 bits per heavy atom. The van der Waals surface area contributed by atoms with Gasteiger partial charge in [0.1, 0.15) is 0 Å². The van der Waals surface area contributed by atoms with Crippen LogP contribution < -0.4 is 0 Å². The highest BCUT2D eigenvalue weighted by Gasteiger charge is 2.27. The van der Waals surface area contributed by atoms with Gasteiger partial charge in [-0.1, -0.05) is 42.5 Å². The van der Waals surface area contributed by atoms with Gasteiger partial charge in [0.25, 0.3) is 5.91 Å². The van der Waals surface area contributed by atoms with Crippen LogP contribution in [0.2, 0.25) is 0 Å². The molecule has 0 bridgehead atoms. The van der Waals surface area contributed by atoms with Gasteiger partial charge in [0, 0.05) is 29.8 Å². The molecule has 4 heteroatoms. The second-order valence-electron chi connectivity index (χ2n) is 8.02. The molecule has 1 N–H and O–H groups in total. The van der Waals surface area contributed by atoms with Gasteiger partial charge in [-0.15, -0.1) is 0 Å². The summed E-state index contributed by atoms with van der Waals surface area (Å²) in [5.41, 5.74) is 1.19. The van der Waals surface area contributed by atoms with Gasteiger partial charge in [0.2, 0.25) is 0 Å². The van der Waals surface area contributed by atoms with E-state index in [2.05, 4.69) is 0 Å². The summed E-state index contributed by atoms with van der Waals surface area (Å²) in [6.45, 7) is 5.10. The number of hydrogen-bond acceptors (Lipinski definition) is 3. The molecule has 1 aliphatic rings. The number of aliphatic hydroxyl groups is 1. The second kappa shape index (κ2) is 8.05. The molecule has 0 aromatic heterocycles. The van der Waals surface area contributed by atoms with E-state index in [9.17, 15) is 14.7 Å². The van der Waals surface area contributed by atoms with Gasteiger partial charge in [-0.05, 0) is 51.2 Å². The molecule has 0 aliphatic carbocycles. The van der Waals surface area contributed by atoms with E-state index in [1.165, 1.54) is 0 Å². The Balaban J connectivity index is 1.61. The molecule has 4 nitrogen and oxygen atoms in total. The lowest BCUT2D eigenvalue weighted by molar-refractivity contribution is 0.0358. The summed E-state index contributed by atoms with van der Waals surface area (Å²) in [6.07, 6.45) is 2.60. The van der Waals surface area contributed by atoms with Crippen molar-refractivity contribution >= 4 is 11.7 Å². The van der Waals surface area contributed by atoms with E-state index in [0.717, 1.165) is 19.3 Å². The van der Waals surface area contributed by atoms with Crippen LogP contribution in [0.1, 0.15) is 59.4 Å². The van der Waals surface area contributed by atoms with Crippen molar-refractivity contribution in [1.29, 1.82) is 0 Å². The molecule has 1 fully saturated rings. The van der Waals surface area contributed by atoms with E-state index < -0.39 is 5.60 Å². The Morgan fingerprint density at radius 3 is 2.00 bits per heavy atom. The third kappa shape index (κ3) is 5.04. The molecular weight excluding hydrogens is 338 g/mol. The Bertz CT molecular complexity index is 783. The number of carbonyl (C=O) groups excluding carboxylic acids is 2. The smallest absolute Gasteiger partial charge is 0.253 e. The molecule has 3 rings (SSSR count). The molecule has 1 amide bonds. The molecule has 1 heterocycles. The molecule has 142 valence electrons. The first-order valence-electron chi connectivity index (χ1n) is 9.55. The Morgan fingerprint density at radius 2 is 1.44 bits per heavy atom. The monoisotopic (exact) mass is 365 g/mol. The van der Waals surface area contributed by atoms with Crippen molar-refractivity contribution in [3.05, 3.63) is 71.3 Å². The van der Waals surface area contributed by atoms with Crippen LogP contribution in [0.4, 0.5) is 0 Å². The normalized spacial score (nSPS) is 15.6. The molecule has 2 aromatic rings. The van der Waals surface area contributed by atoms with Gasteiger partial charge in [0.15, 0.2) is 5.78 Å². The fraction of sp³-hybridized carbons (Fsp3) is 0.391. The number of carbonyl (C=O) groups is 2. The van der Waals surface area contributed by atoms with Crippen LogP contribution in [-0.2, 0) is 0 Å². The van der Waals surface area contributed by atoms with E-state index in [-0.39, 0.29) is 11.7 Å². The number of ketones is 1. The number of nitrogens with zero attached hydrogens (tertiary/aromatic N) is 1. The van der Waals surface area contributed by atoms with Crippen molar-refractivity contribution in [3.63, 3.8) is 0 Å². The maximum atomic E-state index is 12.7. The minimum atomic E-state index is -0.655. The molecular formula is C23H27NO3. The van der Waals surface area contributed by atoms with Crippen molar-refractivity contribution in [2.24, 2.45) is 5.92 Å². The molecule has 0 radical (unpaired) electrons. The van der Waals surface area contributed by atoms with E-state index >= 15 is 0 Å². The first-order chi connectivity index (χ1) is 12.8. The number of benzene rings is 2. The van der Waals surface area contributed by atoms with Gasteiger partial charge < -0.3 is 10.0 Å². The average Bonchev–Trinajstić information content (AvgIpc) is 2.67. The van der Waals surface area contributed by atoms with E-state index in [1.807, 2.05) is 36.9 Å². The predicted octanol–water partition coefficient (Wildman–Crippen LogP) is 3.93. The fourth-order valence-electron chi connectivity index (χ4n) is 3.75. The molecule has 0 spiro atoms. The lowest BCUT2D eigenvalue weighted by atomic mass is 9.86. The minimum Gasteiger partial charge on any atom is -0.390 e. The Hall–Kier alpha value is -2.46. The van der Waals surface area contributed by atoms with Gasteiger partial charge in [0.05, 0.1) is 5.60 Å². The molecule has 1 saturated heterocycles. The summed E-state index contributed by atoms with van der Waals surface area (Å²) < 4.78 is 0. The zero-order valence-corrected chi connectivity index (χ0v) is 16.0.